The van der Waals surface area contributed by atoms with Gasteiger partial charge in [0.05, 0.1) is 12.6 Å². The molecular formula is C9H16N4O2. The number of rotatable bonds is 5. The predicted molar refractivity (Wildman–Crippen MR) is 54.5 cm³/mol. The molecule has 6 heteroatoms. The van der Waals surface area contributed by atoms with E-state index in [0.29, 0.717) is 18.5 Å². The van der Waals surface area contributed by atoms with E-state index in [4.69, 9.17) is 9.15 Å². The Morgan fingerprint density at radius 2 is 2.40 bits per heavy atom. The Kier molecular flexibility index (Phi) is 3.52. The summed E-state index contributed by atoms with van der Waals surface area (Å²) >= 11 is 0. The van der Waals surface area contributed by atoms with Crippen LogP contribution in [0.2, 0.25) is 0 Å². The number of hydrogen-bond donors (Lipinski definition) is 2. The zero-order valence-electron chi connectivity index (χ0n) is 8.82. The molecule has 0 aliphatic carbocycles. The topological polar surface area (TPSA) is 72.2 Å². The minimum absolute atomic E-state index is 0.282. The predicted octanol–water partition coefficient (Wildman–Crippen LogP) is 0.380. The molecule has 0 aromatic carbocycles. The molecule has 1 unspecified atom stereocenters. The quantitative estimate of drug-likeness (QED) is 0.735. The standard InChI is InChI=1S/C9H16N4O2/c1-10-6-8-12-13-9(15-8)11-5-7-3-2-4-14-7/h7,10H,2-6H2,1H3,(H,11,13). The van der Waals surface area contributed by atoms with E-state index in [2.05, 4.69) is 20.8 Å². The molecule has 15 heavy (non-hydrogen) atoms. The summed E-state index contributed by atoms with van der Waals surface area (Å²) in [5.41, 5.74) is 0. The molecule has 1 atom stereocenters. The number of nitrogens with one attached hydrogen (secondary N) is 2. The van der Waals surface area contributed by atoms with Crippen LogP contribution in [0.1, 0.15) is 18.7 Å². The van der Waals surface area contributed by atoms with E-state index in [9.17, 15) is 0 Å². The zero-order chi connectivity index (χ0) is 10.5. The van der Waals surface area contributed by atoms with E-state index >= 15 is 0 Å². The van der Waals surface area contributed by atoms with Crippen molar-refractivity contribution in [1.29, 1.82) is 0 Å². The van der Waals surface area contributed by atoms with Crippen LogP contribution < -0.4 is 10.6 Å². The molecule has 0 amide bonds. The molecule has 1 aromatic heterocycles. The van der Waals surface area contributed by atoms with E-state index < -0.39 is 0 Å². The second-order valence-corrected chi connectivity index (χ2v) is 3.55. The molecule has 2 N–H and O–H groups in total. The van der Waals surface area contributed by atoms with Crippen LogP contribution in [0.4, 0.5) is 6.01 Å². The van der Waals surface area contributed by atoms with Crippen LogP contribution in [0.3, 0.4) is 0 Å². The fourth-order valence-corrected chi connectivity index (χ4v) is 1.55. The first-order valence-corrected chi connectivity index (χ1v) is 5.21. The number of hydrogen-bond acceptors (Lipinski definition) is 6. The van der Waals surface area contributed by atoms with Gasteiger partial charge >= 0.3 is 6.01 Å². The van der Waals surface area contributed by atoms with Gasteiger partial charge in [0.15, 0.2) is 0 Å². The second kappa shape index (κ2) is 5.09. The van der Waals surface area contributed by atoms with E-state index in [0.717, 1.165) is 26.0 Å². The van der Waals surface area contributed by atoms with Crippen LogP contribution in [0.5, 0.6) is 0 Å². The number of ether oxygens (including phenoxy) is 1. The smallest absolute Gasteiger partial charge is 0.315 e. The first-order valence-electron chi connectivity index (χ1n) is 5.21. The SMILES string of the molecule is CNCc1nnc(NCC2CCCO2)o1. The molecule has 1 fully saturated rings. The van der Waals surface area contributed by atoms with Gasteiger partial charge in [-0.2, -0.15) is 0 Å². The van der Waals surface area contributed by atoms with Gasteiger partial charge in [-0.15, -0.1) is 5.10 Å². The summed E-state index contributed by atoms with van der Waals surface area (Å²) in [6.45, 7) is 2.19. The van der Waals surface area contributed by atoms with Crippen LogP contribution in [-0.2, 0) is 11.3 Å². The van der Waals surface area contributed by atoms with Crippen molar-refractivity contribution < 1.29 is 9.15 Å². The fourth-order valence-electron chi connectivity index (χ4n) is 1.55. The Labute approximate surface area is 88.4 Å². The first kappa shape index (κ1) is 10.4. The van der Waals surface area contributed by atoms with Gasteiger partial charge in [-0.3, -0.25) is 0 Å². The first-order chi connectivity index (χ1) is 7.38. The largest absolute Gasteiger partial charge is 0.407 e. The van der Waals surface area contributed by atoms with Gasteiger partial charge in [-0.25, -0.2) is 0 Å². The molecule has 2 heterocycles. The van der Waals surface area contributed by atoms with Crippen LogP contribution >= 0.6 is 0 Å². The second-order valence-electron chi connectivity index (χ2n) is 3.55. The molecule has 2 rings (SSSR count). The molecule has 1 aliphatic heterocycles. The van der Waals surface area contributed by atoms with Crippen LogP contribution in [0.25, 0.3) is 0 Å². The van der Waals surface area contributed by atoms with Gasteiger partial charge in [0.1, 0.15) is 0 Å². The Bertz CT molecular complexity index is 296. The van der Waals surface area contributed by atoms with E-state index in [-0.39, 0.29) is 6.10 Å². The van der Waals surface area contributed by atoms with Crippen LogP contribution in [0, 0.1) is 0 Å². The molecule has 1 saturated heterocycles. The zero-order valence-corrected chi connectivity index (χ0v) is 8.82. The lowest BCUT2D eigenvalue weighted by Gasteiger charge is -2.07. The summed E-state index contributed by atoms with van der Waals surface area (Å²) < 4.78 is 10.8. The molecule has 1 aliphatic rings. The Balaban J connectivity index is 1.77. The maximum Gasteiger partial charge on any atom is 0.315 e. The average molecular weight is 212 g/mol. The molecule has 0 radical (unpaired) electrons. The normalized spacial score (nSPS) is 20.7. The highest BCUT2D eigenvalue weighted by molar-refractivity contribution is 5.17. The van der Waals surface area contributed by atoms with Gasteiger partial charge < -0.3 is 19.8 Å². The summed E-state index contributed by atoms with van der Waals surface area (Å²) in [7, 11) is 1.84. The van der Waals surface area contributed by atoms with Gasteiger partial charge in [-0.1, -0.05) is 5.10 Å². The lowest BCUT2D eigenvalue weighted by atomic mass is 10.2. The molecule has 0 bridgehead atoms. The minimum Gasteiger partial charge on any atom is -0.407 e. The maximum atomic E-state index is 5.46. The van der Waals surface area contributed by atoms with Gasteiger partial charge in [0, 0.05) is 13.2 Å². The third-order valence-electron chi connectivity index (χ3n) is 2.30. The Morgan fingerprint density at radius 3 is 3.13 bits per heavy atom. The van der Waals surface area contributed by atoms with Crippen molar-refractivity contribution >= 4 is 6.01 Å². The van der Waals surface area contributed by atoms with Crippen molar-refractivity contribution in [3.05, 3.63) is 5.89 Å². The van der Waals surface area contributed by atoms with Gasteiger partial charge in [0.2, 0.25) is 5.89 Å². The van der Waals surface area contributed by atoms with Crippen molar-refractivity contribution in [3.63, 3.8) is 0 Å². The third-order valence-corrected chi connectivity index (χ3v) is 2.30. The highest BCUT2D eigenvalue weighted by Crippen LogP contribution is 2.13. The number of aromatic nitrogens is 2. The molecule has 0 spiro atoms. The average Bonchev–Trinajstić information content (AvgIpc) is 2.85. The molecular weight excluding hydrogens is 196 g/mol. The monoisotopic (exact) mass is 212 g/mol. The van der Waals surface area contributed by atoms with E-state index in [1.165, 1.54) is 0 Å². The summed E-state index contributed by atoms with van der Waals surface area (Å²) in [6.07, 6.45) is 2.52. The summed E-state index contributed by atoms with van der Waals surface area (Å²) in [6, 6.07) is 0.468. The number of anilines is 1. The Morgan fingerprint density at radius 1 is 1.47 bits per heavy atom. The molecule has 0 saturated carbocycles. The van der Waals surface area contributed by atoms with Gasteiger partial charge in [-0.05, 0) is 19.9 Å². The van der Waals surface area contributed by atoms with E-state index in [1.54, 1.807) is 0 Å². The van der Waals surface area contributed by atoms with E-state index in [1.807, 2.05) is 7.05 Å². The fraction of sp³-hybridized carbons (Fsp3) is 0.778. The lowest BCUT2D eigenvalue weighted by molar-refractivity contribution is 0.120. The molecule has 1 aromatic rings. The van der Waals surface area contributed by atoms with Crippen molar-refractivity contribution in [2.75, 3.05) is 25.5 Å². The summed E-state index contributed by atoms with van der Waals surface area (Å²) in [4.78, 5) is 0. The summed E-state index contributed by atoms with van der Waals surface area (Å²) in [5, 5.41) is 13.8. The van der Waals surface area contributed by atoms with Crippen molar-refractivity contribution in [3.8, 4) is 0 Å². The Hall–Kier alpha value is -1.14. The van der Waals surface area contributed by atoms with Gasteiger partial charge in [0.25, 0.3) is 0 Å². The lowest BCUT2D eigenvalue weighted by Crippen LogP contribution is -2.18. The summed E-state index contributed by atoms with van der Waals surface area (Å²) in [5.74, 6) is 0.590. The van der Waals surface area contributed by atoms with Crippen molar-refractivity contribution in [1.82, 2.24) is 15.5 Å². The molecule has 6 nitrogen and oxygen atoms in total. The maximum absolute atomic E-state index is 5.46. The van der Waals surface area contributed by atoms with Crippen LogP contribution in [0.15, 0.2) is 4.42 Å². The third kappa shape index (κ3) is 2.90. The minimum atomic E-state index is 0.282. The highest BCUT2D eigenvalue weighted by Gasteiger charge is 2.16. The van der Waals surface area contributed by atoms with Crippen molar-refractivity contribution in [2.24, 2.45) is 0 Å². The van der Waals surface area contributed by atoms with Crippen molar-refractivity contribution in [2.45, 2.75) is 25.5 Å². The van der Waals surface area contributed by atoms with Crippen LogP contribution in [-0.4, -0.2) is 36.5 Å². The number of nitrogens with zero attached hydrogens (tertiary/aromatic N) is 2. The highest BCUT2D eigenvalue weighted by atomic mass is 16.5. The molecule has 84 valence electrons.